The molecule has 0 atom stereocenters. The fraction of sp³-hybridized carbons (Fsp3) is 0.222. The molecule has 0 aliphatic rings. The average molecular weight is 314 g/mol. The molecule has 0 aliphatic carbocycles. The van der Waals surface area contributed by atoms with Gasteiger partial charge < -0.3 is 10.6 Å². The lowest BCUT2D eigenvalue weighted by Crippen LogP contribution is -2.22. The van der Waals surface area contributed by atoms with Gasteiger partial charge in [0.1, 0.15) is 12.2 Å². The highest BCUT2D eigenvalue weighted by molar-refractivity contribution is 6.08. The Bertz CT molecular complexity index is 729. The van der Waals surface area contributed by atoms with Crippen LogP contribution in [0.5, 0.6) is 0 Å². The van der Waals surface area contributed by atoms with Crippen molar-refractivity contribution in [3.63, 3.8) is 0 Å². The molecule has 0 saturated carbocycles. The predicted molar refractivity (Wildman–Crippen MR) is 88.8 cm³/mol. The second-order valence-electron chi connectivity index (χ2n) is 5.25. The molecule has 0 saturated heterocycles. The number of rotatable bonds is 5. The molecular weight excluding hydrogens is 295 g/mol. The van der Waals surface area contributed by atoms with Crippen molar-refractivity contribution >= 4 is 23.2 Å². The van der Waals surface area contributed by atoms with Crippen LogP contribution in [0.1, 0.15) is 24.5 Å². The van der Waals surface area contributed by atoms with E-state index < -0.39 is 17.6 Å². The van der Waals surface area contributed by atoms with Gasteiger partial charge in [0.05, 0.1) is 0 Å². The summed E-state index contributed by atoms with van der Waals surface area (Å²) in [4.78, 5) is 23.9. The van der Waals surface area contributed by atoms with Crippen molar-refractivity contribution in [1.29, 1.82) is 0 Å². The van der Waals surface area contributed by atoms with E-state index in [1.807, 2.05) is 32.0 Å². The third kappa shape index (κ3) is 4.64. The van der Waals surface area contributed by atoms with Crippen LogP contribution in [0, 0.1) is 12.7 Å². The van der Waals surface area contributed by atoms with Crippen LogP contribution in [0.3, 0.4) is 0 Å². The van der Waals surface area contributed by atoms with Gasteiger partial charge in [-0.05, 0) is 42.7 Å². The predicted octanol–water partition coefficient (Wildman–Crippen LogP) is 3.66. The molecule has 0 fully saturated rings. The first-order valence-electron chi connectivity index (χ1n) is 7.43. The van der Waals surface area contributed by atoms with Gasteiger partial charge in [0.25, 0.3) is 0 Å². The third-order valence-corrected chi connectivity index (χ3v) is 3.43. The SMILES string of the molecule is CCc1cccc(C)c1NC(=O)CC(=O)Nc1cccc(F)c1. The van der Waals surface area contributed by atoms with Crippen LogP contribution in [0.15, 0.2) is 42.5 Å². The monoisotopic (exact) mass is 314 g/mol. The molecule has 2 N–H and O–H groups in total. The van der Waals surface area contributed by atoms with E-state index in [0.29, 0.717) is 5.69 Å². The molecule has 23 heavy (non-hydrogen) atoms. The average Bonchev–Trinajstić information content (AvgIpc) is 2.49. The van der Waals surface area contributed by atoms with Gasteiger partial charge in [-0.3, -0.25) is 9.59 Å². The quantitative estimate of drug-likeness (QED) is 0.827. The second-order valence-corrected chi connectivity index (χ2v) is 5.25. The van der Waals surface area contributed by atoms with Crippen molar-refractivity contribution in [3.05, 3.63) is 59.4 Å². The Morgan fingerprint density at radius 2 is 1.74 bits per heavy atom. The lowest BCUT2D eigenvalue weighted by molar-refractivity contribution is -0.123. The number of halogens is 1. The van der Waals surface area contributed by atoms with E-state index in [2.05, 4.69) is 10.6 Å². The number of amides is 2. The molecule has 2 rings (SSSR count). The van der Waals surface area contributed by atoms with E-state index in [-0.39, 0.29) is 6.42 Å². The number of hydrogen-bond donors (Lipinski definition) is 2. The van der Waals surface area contributed by atoms with Crippen molar-refractivity contribution in [1.82, 2.24) is 0 Å². The van der Waals surface area contributed by atoms with Crippen LogP contribution in [0.4, 0.5) is 15.8 Å². The topological polar surface area (TPSA) is 58.2 Å². The molecular formula is C18H19FN2O2. The van der Waals surface area contributed by atoms with Gasteiger partial charge in [-0.1, -0.05) is 31.2 Å². The summed E-state index contributed by atoms with van der Waals surface area (Å²) in [5.41, 5.74) is 3.04. The number of carbonyl (C=O) groups is 2. The molecule has 0 heterocycles. The van der Waals surface area contributed by atoms with Crippen molar-refractivity contribution < 1.29 is 14.0 Å². The Hall–Kier alpha value is -2.69. The summed E-state index contributed by atoms with van der Waals surface area (Å²) in [7, 11) is 0. The number of carbonyl (C=O) groups excluding carboxylic acids is 2. The lowest BCUT2D eigenvalue weighted by atomic mass is 10.1. The van der Waals surface area contributed by atoms with Crippen LogP contribution in [-0.2, 0) is 16.0 Å². The Labute approximate surface area is 134 Å². The fourth-order valence-corrected chi connectivity index (χ4v) is 2.30. The van der Waals surface area contributed by atoms with E-state index >= 15 is 0 Å². The minimum Gasteiger partial charge on any atom is -0.326 e. The molecule has 2 amide bonds. The Morgan fingerprint density at radius 1 is 1.04 bits per heavy atom. The van der Waals surface area contributed by atoms with Crippen molar-refractivity contribution in [2.24, 2.45) is 0 Å². The Kier molecular flexibility index (Phi) is 5.46. The van der Waals surface area contributed by atoms with Gasteiger partial charge in [-0.25, -0.2) is 4.39 Å². The van der Waals surface area contributed by atoms with Crippen molar-refractivity contribution in [3.8, 4) is 0 Å². The number of para-hydroxylation sites is 1. The number of nitrogens with one attached hydrogen (secondary N) is 2. The second kappa shape index (κ2) is 7.54. The van der Waals surface area contributed by atoms with Gasteiger partial charge in [0.15, 0.2) is 0 Å². The molecule has 0 spiro atoms. The van der Waals surface area contributed by atoms with Gasteiger partial charge in [0, 0.05) is 11.4 Å². The van der Waals surface area contributed by atoms with Crippen molar-refractivity contribution in [2.75, 3.05) is 10.6 Å². The Balaban J connectivity index is 1.98. The molecule has 0 bridgehead atoms. The molecule has 0 radical (unpaired) electrons. The molecule has 4 nitrogen and oxygen atoms in total. The fourth-order valence-electron chi connectivity index (χ4n) is 2.30. The zero-order chi connectivity index (χ0) is 16.8. The number of benzene rings is 2. The molecule has 2 aromatic carbocycles. The molecule has 0 aromatic heterocycles. The molecule has 5 heteroatoms. The minimum atomic E-state index is -0.486. The van der Waals surface area contributed by atoms with E-state index in [1.165, 1.54) is 18.2 Å². The summed E-state index contributed by atoms with van der Waals surface area (Å²) in [6.45, 7) is 3.91. The molecule has 0 unspecified atom stereocenters. The van der Waals surface area contributed by atoms with E-state index in [1.54, 1.807) is 6.07 Å². The van der Waals surface area contributed by atoms with Gasteiger partial charge in [0.2, 0.25) is 11.8 Å². The highest BCUT2D eigenvalue weighted by Crippen LogP contribution is 2.21. The van der Waals surface area contributed by atoms with Gasteiger partial charge in [-0.15, -0.1) is 0 Å². The van der Waals surface area contributed by atoms with Crippen LogP contribution >= 0.6 is 0 Å². The van der Waals surface area contributed by atoms with Gasteiger partial charge in [-0.2, -0.15) is 0 Å². The van der Waals surface area contributed by atoms with E-state index in [4.69, 9.17) is 0 Å². The first-order valence-corrected chi connectivity index (χ1v) is 7.43. The maximum Gasteiger partial charge on any atom is 0.233 e. The summed E-state index contributed by atoms with van der Waals surface area (Å²) in [5, 5.41) is 5.29. The summed E-state index contributed by atoms with van der Waals surface area (Å²) in [6.07, 6.45) is 0.459. The maximum absolute atomic E-state index is 13.1. The zero-order valence-corrected chi connectivity index (χ0v) is 13.2. The van der Waals surface area contributed by atoms with E-state index in [9.17, 15) is 14.0 Å². The summed E-state index contributed by atoms with van der Waals surface area (Å²) in [6, 6.07) is 11.3. The highest BCUT2D eigenvalue weighted by Gasteiger charge is 2.13. The summed E-state index contributed by atoms with van der Waals surface area (Å²) >= 11 is 0. The number of anilines is 2. The first-order chi connectivity index (χ1) is 11.0. The summed E-state index contributed by atoms with van der Waals surface area (Å²) in [5.74, 6) is -1.33. The van der Waals surface area contributed by atoms with Crippen molar-refractivity contribution in [2.45, 2.75) is 26.7 Å². The molecule has 0 aliphatic heterocycles. The third-order valence-electron chi connectivity index (χ3n) is 3.43. The van der Waals surface area contributed by atoms with E-state index in [0.717, 1.165) is 23.2 Å². The molecule has 120 valence electrons. The minimum absolute atomic E-state index is 0.325. The highest BCUT2D eigenvalue weighted by atomic mass is 19.1. The van der Waals surface area contributed by atoms with Crippen LogP contribution in [-0.4, -0.2) is 11.8 Å². The Morgan fingerprint density at radius 3 is 2.43 bits per heavy atom. The van der Waals surface area contributed by atoms with Crippen LogP contribution in [0.25, 0.3) is 0 Å². The molecule has 2 aromatic rings. The van der Waals surface area contributed by atoms with Crippen LogP contribution < -0.4 is 10.6 Å². The lowest BCUT2D eigenvalue weighted by Gasteiger charge is -2.13. The van der Waals surface area contributed by atoms with Gasteiger partial charge >= 0.3 is 0 Å². The number of aryl methyl sites for hydroxylation is 2. The zero-order valence-electron chi connectivity index (χ0n) is 13.2. The maximum atomic E-state index is 13.1. The number of hydrogen-bond acceptors (Lipinski definition) is 2. The standard InChI is InChI=1S/C18H19FN2O2/c1-3-13-7-4-6-12(2)18(13)21-17(23)11-16(22)20-15-9-5-8-14(19)10-15/h4-10H,3,11H2,1-2H3,(H,20,22)(H,21,23). The van der Waals surface area contributed by atoms with Crippen LogP contribution in [0.2, 0.25) is 0 Å². The largest absolute Gasteiger partial charge is 0.326 e. The normalized spacial score (nSPS) is 10.2. The summed E-state index contributed by atoms with van der Waals surface area (Å²) < 4.78 is 13.1. The smallest absolute Gasteiger partial charge is 0.233 e. The first kappa shape index (κ1) is 16.7.